The lowest BCUT2D eigenvalue weighted by atomic mass is 10.9. The number of thiol groups is 3. The zero-order valence-electron chi connectivity index (χ0n) is 3.03. The zero-order valence-corrected chi connectivity index (χ0v) is 6.53. The first-order valence-corrected chi connectivity index (χ1v) is 4.47. The molecule has 0 fully saturated rings. The predicted octanol–water partition coefficient (Wildman–Crippen LogP) is 1.75. The molecule has 0 bridgehead atoms. The van der Waals surface area contributed by atoms with Gasteiger partial charge in [-0.3, -0.25) is 0 Å². The van der Waals surface area contributed by atoms with Crippen molar-refractivity contribution in [3.63, 3.8) is 0 Å². The summed E-state index contributed by atoms with van der Waals surface area (Å²) >= 11 is 11.8. The maximum atomic E-state index is 3.97. The summed E-state index contributed by atoms with van der Waals surface area (Å²) in [5.74, 6) is 0.884. The van der Waals surface area contributed by atoms with Gasteiger partial charge in [-0.15, -0.1) is 11.7 Å². The van der Waals surface area contributed by atoms with Crippen molar-refractivity contribution in [2.45, 2.75) is 4.58 Å². The summed E-state index contributed by atoms with van der Waals surface area (Å²) in [4.78, 5) is 0. The van der Waals surface area contributed by atoms with E-state index in [1.54, 1.807) is 0 Å². The number of rotatable bonds is 2. The van der Waals surface area contributed by atoms with E-state index in [1.807, 2.05) is 0 Å². The maximum absolute atomic E-state index is 3.97. The molecule has 0 rings (SSSR count). The van der Waals surface area contributed by atoms with E-state index in [-0.39, 0.29) is 4.58 Å². The van der Waals surface area contributed by atoms with E-state index in [0.717, 1.165) is 5.75 Å². The summed E-state index contributed by atoms with van der Waals surface area (Å²) in [6, 6.07) is 0. The largest absolute Gasteiger partial charge is 0.164 e. The van der Waals surface area contributed by atoms with Gasteiger partial charge in [0.15, 0.2) is 0 Å². The first-order chi connectivity index (χ1) is 2.77. The molecule has 0 aromatic rings. The van der Waals surface area contributed by atoms with Gasteiger partial charge in [-0.1, -0.05) is 10.8 Å². The van der Waals surface area contributed by atoms with Gasteiger partial charge in [0.25, 0.3) is 0 Å². The first-order valence-electron chi connectivity index (χ1n) is 1.40. The van der Waals surface area contributed by atoms with Gasteiger partial charge >= 0.3 is 0 Å². The highest BCUT2D eigenvalue weighted by Crippen LogP contribution is 2.12. The molecule has 0 aliphatic heterocycles. The third-order valence-corrected chi connectivity index (χ3v) is 2.01. The minimum absolute atomic E-state index is 0.174. The Balaban J connectivity index is 2.63. The second-order valence-electron chi connectivity index (χ2n) is 0.776. The van der Waals surface area contributed by atoms with Crippen LogP contribution in [0.25, 0.3) is 0 Å². The van der Waals surface area contributed by atoms with Crippen LogP contribution in [0.5, 0.6) is 0 Å². The molecule has 0 aromatic heterocycles. The Hall–Kier alpha value is 1.40. The molecule has 0 atom stereocenters. The van der Waals surface area contributed by atoms with Gasteiger partial charge in [-0.2, -0.15) is 25.3 Å². The summed E-state index contributed by atoms with van der Waals surface area (Å²) < 4.78 is 0.174. The Morgan fingerprint density at radius 1 is 1.50 bits per heavy atom. The third-order valence-electron chi connectivity index (χ3n) is 0.224. The van der Waals surface area contributed by atoms with Gasteiger partial charge < -0.3 is 0 Å². The Morgan fingerprint density at radius 2 is 2.00 bits per heavy atom. The molecule has 4 heteroatoms. The summed E-state index contributed by atoms with van der Waals surface area (Å²) in [6.07, 6.45) is 0. The minimum atomic E-state index is 0.174. The van der Waals surface area contributed by atoms with Gasteiger partial charge in [0.2, 0.25) is 0 Å². The van der Waals surface area contributed by atoms with E-state index < -0.39 is 0 Å². The van der Waals surface area contributed by atoms with Gasteiger partial charge in [0, 0.05) is 5.75 Å². The molecule has 0 radical (unpaired) electrons. The van der Waals surface area contributed by atoms with Crippen molar-refractivity contribution in [2.75, 3.05) is 5.75 Å². The summed E-state index contributed by atoms with van der Waals surface area (Å²) in [5, 5.41) is 0. The van der Waals surface area contributed by atoms with Crippen LogP contribution in [0, 0.1) is 0 Å². The lowest BCUT2D eigenvalue weighted by Crippen LogP contribution is -1.85. The molecule has 0 heterocycles. The van der Waals surface area contributed by atoms with E-state index in [9.17, 15) is 0 Å². The highest BCUT2D eigenvalue weighted by atomic mass is 33.1. The number of hydrogen-bond acceptors (Lipinski definition) is 4. The Kier molecular flexibility index (Phi) is 5.62. The van der Waals surface area contributed by atoms with Crippen LogP contribution in [-0.2, 0) is 0 Å². The first kappa shape index (κ1) is 7.40. The quantitative estimate of drug-likeness (QED) is 0.313. The van der Waals surface area contributed by atoms with Crippen molar-refractivity contribution < 1.29 is 0 Å². The van der Waals surface area contributed by atoms with Crippen molar-refractivity contribution >= 4 is 47.7 Å². The van der Waals surface area contributed by atoms with Crippen LogP contribution >= 0.6 is 47.7 Å². The van der Waals surface area contributed by atoms with Crippen LogP contribution in [-0.4, -0.2) is 10.3 Å². The van der Waals surface area contributed by atoms with Crippen LogP contribution in [0.2, 0.25) is 0 Å². The zero-order chi connectivity index (χ0) is 4.99. The Labute approximate surface area is 58.1 Å². The molecule has 0 saturated carbocycles. The Bertz CT molecular complexity index is 26.7. The van der Waals surface area contributed by atoms with E-state index in [0.29, 0.717) is 0 Å². The average molecular weight is 158 g/mol. The van der Waals surface area contributed by atoms with E-state index in [1.165, 1.54) is 10.8 Å². The molecule has 0 aliphatic rings. The van der Waals surface area contributed by atoms with Crippen LogP contribution < -0.4 is 0 Å². The second kappa shape index (κ2) is 4.56. The minimum Gasteiger partial charge on any atom is -0.164 e. The summed E-state index contributed by atoms with van der Waals surface area (Å²) in [7, 11) is 1.45. The lowest BCUT2D eigenvalue weighted by Gasteiger charge is -1.93. The second-order valence-corrected chi connectivity index (χ2v) is 3.80. The summed E-state index contributed by atoms with van der Waals surface area (Å²) in [6.45, 7) is 0. The highest BCUT2D eigenvalue weighted by Gasteiger charge is 1.88. The predicted molar refractivity (Wildman–Crippen MR) is 43.2 cm³/mol. The lowest BCUT2D eigenvalue weighted by molar-refractivity contribution is 1.49. The van der Waals surface area contributed by atoms with Crippen LogP contribution in [0.1, 0.15) is 0 Å². The fourth-order valence-electron chi connectivity index (χ4n) is 0.0667. The van der Waals surface area contributed by atoms with Crippen molar-refractivity contribution in [3.05, 3.63) is 0 Å². The van der Waals surface area contributed by atoms with E-state index in [4.69, 9.17) is 0 Å². The molecule has 0 unspecified atom stereocenters. The molecular weight excluding hydrogens is 152 g/mol. The third kappa shape index (κ3) is 5.40. The van der Waals surface area contributed by atoms with Crippen LogP contribution in [0.3, 0.4) is 0 Å². The topological polar surface area (TPSA) is 0 Å². The van der Waals surface area contributed by atoms with Crippen LogP contribution in [0.4, 0.5) is 0 Å². The molecule has 0 nitrogen and oxygen atoms in total. The molecule has 0 spiro atoms. The number of hydrogen-bond donors (Lipinski definition) is 3. The van der Waals surface area contributed by atoms with Gasteiger partial charge in [0.05, 0.1) is 4.58 Å². The van der Waals surface area contributed by atoms with Crippen molar-refractivity contribution in [1.82, 2.24) is 0 Å². The fourth-order valence-corrected chi connectivity index (χ4v) is 1.80. The molecule has 6 heavy (non-hydrogen) atoms. The van der Waals surface area contributed by atoms with Crippen molar-refractivity contribution in [3.8, 4) is 0 Å². The summed E-state index contributed by atoms with van der Waals surface area (Å²) in [5.41, 5.74) is 0. The molecule has 0 aliphatic carbocycles. The van der Waals surface area contributed by atoms with E-state index in [2.05, 4.69) is 36.9 Å². The Morgan fingerprint density at radius 3 is 2.00 bits per heavy atom. The van der Waals surface area contributed by atoms with Crippen molar-refractivity contribution in [2.24, 2.45) is 0 Å². The SMILES string of the molecule is SSCC(S)S. The van der Waals surface area contributed by atoms with Gasteiger partial charge in [-0.25, -0.2) is 0 Å². The smallest absolute Gasteiger partial charge is 0.0540 e. The van der Waals surface area contributed by atoms with Gasteiger partial charge in [-0.05, 0) is 0 Å². The molecular formula is C2H6S4. The van der Waals surface area contributed by atoms with Crippen molar-refractivity contribution in [1.29, 1.82) is 0 Å². The fraction of sp³-hybridized carbons (Fsp3) is 1.00. The molecule has 0 N–H and O–H groups in total. The normalized spacial score (nSPS) is 10.0. The standard InChI is InChI=1S/C2H6S4/c3-2(4)1-6-5/h2-5H,1H2. The molecule has 0 amide bonds. The monoisotopic (exact) mass is 158 g/mol. The van der Waals surface area contributed by atoms with Gasteiger partial charge in [0.1, 0.15) is 0 Å². The molecule has 0 saturated heterocycles. The molecule has 38 valence electrons. The maximum Gasteiger partial charge on any atom is 0.0540 e. The average Bonchev–Trinajstić information content (AvgIpc) is 1.35. The highest BCUT2D eigenvalue weighted by molar-refractivity contribution is 8.68. The van der Waals surface area contributed by atoms with Crippen LogP contribution in [0.15, 0.2) is 0 Å². The molecule has 0 aromatic carbocycles. The van der Waals surface area contributed by atoms with E-state index >= 15 is 0 Å².